The van der Waals surface area contributed by atoms with Crippen LogP contribution in [-0.2, 0) is 25.7 Å². The van der Waals surface area contributed by atoms with Crippen molar-refractivity contribution in [1.29, 1.82) is 0 Å². The number of aliphatic hydroxyl groups is 1. The second kappa shape index (κ2) is 13.2. The number of hydrogen-bond donors (Lipinski definition) is 4. The lowest BCUT2D eigenvalue weighted by Gasteiger charge is -2.16. The molecule has 0 spiro atoms. The number of carboxylic acid groups (broad SMARTS) is 1. The highest BCUT2D eigenvalue weighted by Gasteiger charge is 2.26. The van der Waals surface area contributed by atoms with Crippen LogP contribution in [-0.4, -0.2) is 33.8 Å². The first-order valence-electron chi connectivity index (χ1n) is 13.1. The molecule has 0 fully saturated rings. The monoisotopic (exact) mass is 530 g/mol. The van der Waals surface area contributed by atoms with Crippen molar-refractivity contribution in [1.82, 2.24) is 4.98 Å². The SMILES string of the molecule is C.CCc1cc2c(cc1CC)CC([NH2+]C[C@H](O)c1ccc(O)c3[nH]c(=O)ccc13)C2.O=C([O-])c1ccccc1. The number of aryl methyl sites for hydroxylation is 2. The molecule has 0 saturated carbocycles. The Labute approximate surface area is 229 Å². The molecule has 7 heteroatoms. The van der Waals surface area contributed by atoms with Crippen LogP contribution in [0.2, 0.25) is 0 Å². The summed E-state index contributed by atoms with van der Waals surface area (Å²) in [5, 5.41) is 33.8. The highest BCUT2D eigenvalue weighted by molar-refractivity contribution is 5.87. The van der Waals surface area contributed by atoms with E-state index < -0.39 is 12.1 Å². The highest BCUT2D eigenvalue weighted by atomic mass is 16.4. The third-order valence-corrected chi connectivity index (χ3v) is 7.22. The number of quaternary nitrogens is 1. The van der Waals surface area contributed by atoms with Crippen molar-refractivity contribution in [2.45, 2.75) is 59.1 Å². The molecule has 0 saturated heterocycles. The number of H-pyrrole nitrogens is 1. The van der Waals surface area contributed by atoms with E-state index in [1.54, 1.807) is 30.3 Å². The van der Waals surface area contributed by atoms with E-state index in [2.05, 4.69) is 36.3 Å². The molecule has 7 nitrogen and oxygen atoms in total. The number of hydrogen-bond acceptors (Lipinski definition) is 5. The molecule has 5 rings (SSSR count). The van der Waals surface area contributed by atoms with Crippen LogP contribution in [0.1, 0.15) is 65.6 Å². The summed E-state index contributed by atoms with van der Waals surface area (Å²) < 4.78 is 0. The third-order valence-electron chi connectivity index (χ3n) is 7.22. The number of carboxylic acids is 1. The maximum atomic E-state index is 11.6. The second-order valence-corrected chi connectivity index (χ2v) is 9.69. The molecule has 1 aliphatic rings. The first-order chi connectivity index (χ1) is 18.3. The van der Waals surface area contributed by atoms with Gasteiger partial charge in [-0.2, -0.15) is 0 Å². The minimum Gasteiger partial charge on any atom is -0.545 e. The predicted octanol–water partition coefficient (Wildman–Crippen LogP) is 2.81. The number of phenols is 1. The van der Waals surface area contributed by atoms with Crippen molar-refractivity contribution in [3.05, 3.63) is 110 Å². The lowest BCUT2D eigenvalue weighted by Crippen LogP contribution is -2.91. The van der Waals surface area contributed by atoms with Gasteiger partial charge < -0.3 is 30.4 Å². The number of fused-ring (bicyclic) bond motifs is 2. The number of pyridine rings is 1. The van der Waals surface area contributed by atoms with E-state index in [-0.39, 0.29) is 24.3 Å². The van der Waals surface area contributed by atoms with Gasteiger partial charge >= 0.3 is 0 Å². The Hall–Kier alpha value is -3.94. The third kappa shape index (κ3) is 6.93. The van der Waals surface area contributed by atoms with Crippen LogP contribution in [0.4, 0.5) is 0 Å². The fourth-order valence-corrected chi connectivity index (χ4v) is 5.21. The number of benzene rings is 3. The molecule has 1 atom stereocenters. The van der Waals surface area contributed by atoms with Gasteiger partial charge in [0.25, 0.3) is 0 Å². The smallest absolute Gasteiger partial charge is 0.248 e. The van der Waals surface area contributed by atoms with Crippen LogP contribution in [0.15, 0.2) is 71.5 Å². The Bertz CT molecular complexity index is 1450. The average Bonchev–Trinajstić information content (AvgIpc) is 3.34. The van der Waals surface area contributed by atoms with Crippen molar-refractivity contribution in [3.63, 3.8) is 0 Å². The first-order valence-corrected chi connectivity index (χ1v) is 13.1. The molecular weight excluding hydrogens is 492 g/mol. The average molecular weight is 531 g/mol. The lowest BCUT2D eigenvalue weighted by atomic mass is 9.97. The van der Waals surface area contributed by atoms with Crippen LogP contribution in [0, 0.1) is 0 Å². The van der Waals surface area contributed by atoms with E-state index in [9.17, 15) is 24.9 Å². The number of rotatable bonds is 7. The van der Waals surface area contributed by atoms with Gasteiger partial charge in [0.2, 0.25) is 5.56 Å². The van der Waals surface area contributed by atoms with E-state index in [1.165, 1.54) is 46.5 Å². The van der Waals surface area contributed by atoms with Crippen LogP contribution >= 0.6 is 0 Å². The lowest BCUT2D eigenvalue weighted by molar-refractivity contribution is -0.693. The van der Waals surface area contributed by atoms with Crippen molar-refractivity contribution < 1.29 is 25.4 Å². The largest absolute Gasteiger partial charge is 0.545 e. The van der Waals surface area contributed by atoms with Gasteiger partial charge in [0.1, 0.15) is 18.4 Å². The molecule has 0 amide bonds. The Morgan fingerprint density at radius 1 is 1.00 bits per heavy atom. The number of carbonyl (C=O) groups is 1. The molecule has 1 aromatic heterocycles. The van der Waals surface area contributed by atoms with Gasteiger partial charge in [-0.05, 0) is 58.4 Å². The maximum absolute atomic E-state index is 11.6. The topological polar surface area (TPSA) is 130 Å². The molecule has 0 bridgehead atoms. The number of aromatic amines is 1. The fraction of sp³-hybridized carbons (Fsp3) is 0.312. The van der Waals surface area contributed by atoms with Gasteiger partial charge in [0, 0.05) is 24.3 Å². The summed E-state index contributed by atoms with van der Waals surface area (Å²) in [7, 11) is 0. The molecular formula is C32H38N2O5. The molecule has 39 heavy (non-hydrogen) atoms. The number of nitrogens with one attached hydrogen (secondary N) is 1. The zero-order valence-corrected chi connectivity index (χ0v) is 21.7. The number of aliphatic hydroxyl groups excluding tert-OH is 1. The van der Waals surface area contributed by atoms with Crippen LogP contribution < -0.4 is 16.0 Å². The molecule has 0 aliphatic heterocycles. The van der Waals surface area contributed by atoms with Crippen molar-refractivity contribution in [3.8, 4) is 5.75 Å². The van der Waals surface area contributed by atoms with Gasteiger partial charge in [-0.1, -0.05) is 69.8 Å². The Kier molecular flexibility index (Phi) is 10.0. The molecule has 0 unspecified atom stereocenters. The van der Waals surface area contributed by atoms with E-state index in [1.807, 2.05) is 0 Å². The van der Waals surface area contributed by atoms with E-state index in [0.717, 1.165) is 31.2 Å². The first kappa shape index (κ1) is 29.6. The Morgan fingerprint density at radius 2 is 1.62 bits per heavy atom. The van der Waals surface area contributed by atoms with Crippen LogP contribution in [0.3, 0.4) is 0 Å². The van der Waals surface area contributed by atoms with Crippen LogP contribution in [0.5, 0.6) is 5.75 Å². The van der Waals surface area contributed by atoms with Gasteiger partial charge in [-0.3, -0.25) is 4.79 Å². The molecule has 1 aliphatic carbocycles. The van der Waals surface area contributed by atoms with Crippen molar-refractivity contribution >= 4 is 16.9 Å². The molecule has 5 N–H and O–H groups in total. The Morgan fingerprint density at radius 3 is 2.15 bits per heavy atom. The summed E-state index contributed by atoms with van der Waals surface area (Å²) in [4.78, 5) is 24.3. The number of carbonyl (C=O) groups excluding carboxylic acids is 1. The van der Waals surface area contributed by atoms with Crippen molar-refractivity contribution in [2.75, 3.05) is 6.54 Å². The van der Waals surface area contributed by atoms with Gasteiger partial charge in [0.15, 0.2) is 0 Å². The zero-order chi connectivity index (χ0) is 27.2. The van der Waals surface area contributed by atoms with Crippen LogP contribution in [0.25, 0.3) is 10.9 Å². The fourth-order valence-electron chi connectivity index (χ4n) is 5.21. The number of aromatic nitrogens is 1. The summed E-state index contributed by atoms with van der Waals surface area (Å²) >= 11 is 0. The zero-order valence-electron chi connectivity index (χ0n) is 21.7. The minimum absolute atomic E-state index is 0. The summed E-state index contributed by atoms with van der Waals surface area (Å²) in [5.74, 6) is -1.11. The van der Waals surface area contributed by atoms with Gasteiger partial charge in [-0.25, -0.2) is 0 Å². The van der Waals surface area contributed by atoms with Crippen molar-refractivity contribution in [2.24, 2.45) is 0 Å². The summed E-state index contributed by atoms with van der Waals surface area (Å²) in [6.07, 6.45) is 3.52. The number of nitrogens with two attached hydrogens (primary N) is 1. The summed E-state index contributed by atoms with van der Waals surface area (Å²) in [6, 6.07) is 19.6. The number of phenolic OH excluding ortho intramolecular Hbond substituents is 1. The van der Waals surface area contributed by atoms with E-state index in [4.69, 9.17) is 0 Å². The van der Waals surface area contributed by atoms with Gasteiger partial charge in [-0.15, -0.1) is 0 Å². The van der Waals surface area contributed by atoms with E-state index in [0.29, 0.717) is 23.5 Å². The minimum atomic E-state index is -1.13. The number of aromatic carboxylic acids is 1. The predicted molar refractivity (Wildman–Crippen MR) is 152 cm³/mol. The standard InChI is InChI=1S/C24H28N2O3.C7H6O2.CH4/c1-3-14-9-16-11-18(12-17(16)10-15(14)4-2)25-13-22(28)19-5-7-21(27)24-20(19)6-8-23(29)26-24;8-7(9)6-4-2-1-3-5-6;/h5-10,18,22,25,27-28H,3-4,11-13H2,1-2H3,(H,26,29);1-5H,(H,8,9);1H4/t22-;;/m0../s1. The molecule has 3 aromatic carbocycles. The molecule has 0 radical (unpaired) electrons. The van der Waals surface area contributed by atoms with Gasteiger partial charge in [0.05, 0.1) is 17.5 Å². The maximum Gasteiger partial charge on any atom is 0.248 e. The molecule has 4 aromatic rings. The Balaban J connectivity index is 0.000000359. The molecule has 1 heterocycles. The van der Waals surface area contributed by atoms with E-state index >= 15 is 0 Å². The normalized spacial score (nSPS) is 13.2. The quantitative estimate of drug-likeness (QED) is 0.292. The summed E-state index contributed by atoms with van der Waals surface area (Å²) in [5.41, 5.74) is 6.85. The molecule has 206 valence electrons. The second-order valence-electron chi connectivity index (χ2n) is 9.69. The highest BCUT2D eigenvalue weighted by Crippen LogP contribution is 2.29. The summed E-state index contributed by atoms with van der Waals surface area (Å²) in [6.45, 7) is 4.97. The number of aromatic hydroxyl groups is 1.